The number of aromatic amines is 1. The molecule has 1 aromatic heterocycles. The second-order valence-corrected chi connectivity index (χ2v) is 5.48. The molecule has 0 unspecified atom stereocenters. The highest BCUT2D eigenvalue weighted by Gasteiger charge is 2.07. The Morgan fingerprint density at radius 1 is 1.28 bits per heavy atom. The number of H-pyrrole nitrogens is 1. The molecule has 0 aliphatic rings. The van der Waals surface area contributed by atoms with Crippen LogP contribution in [0.2, 0.25) is 0 Å². The number of nitrogens with one attached hydrogen (secondary N) is 1. The summed E-state index contributed by atoms with van der Waals surface area (Å²) >= 11 is 8.79. The van der Waals surface area contributed by atoms with Crippen LogP contribution in [0, 0.1) is 11.6 Å². The summed E-state index contributed by atoms with van der Waals surface area (Å²) in [5.41, 5.74) is 3.42. The minimum Gasteiger partial charge on any atom is -0.342 e. The molecular formula is C14H15BrN2S. The summed E-state index contributed by atoms with van der Waals surface area (Å²) in [6, 6.07) is 8.28. The van der Waals surface area contributed by atoms with Gasteiger partial charge in [0.15, 0.2) is 0 Å². The summed E-state index contributed by atoms with van der Waals surface area (Å²) in [6.07, 6.45) is 2.03. The quantitative estimate of drug-likeness (QED) is 0.820. The molecule has 0 saturated heterocycles. The Hall–Kier alpha value is -1.00. The van der Waals surface area contributed by atoms with Crippen LogP contribution in [0.1, 0.15) is 24.6 Å². The van der Waals surface area contributed by atoms with Crippen LogP contribution in [-0.2, 0) is 6.42 Å². The fourth-order valence-electron chi connectivity index (χ4n) is 1.78. The number of aryl methyl sites for hydroxylation is 2. The number of halogens is 1. The van der Waals surface area contributed by atoms with E-state index < -0.39 is 0 Å². The summed E-state index contributed by atoms with van der Waals surface area (Å²) in [5, 5.41) is 0. The molecule has 0 fully saturated rings. The molecule has 2 aromatic rings. The van der Waals surface area contributed by atoms with E-state index in [1.165, 1.54) is 5.56 Å². The second-order valence-electron chi connectivity index (χ2n) is 4.30. The fraction of sp³-hybridized carbons (Fsp3) is 0.286. The van der Waals surface area contributed by atoms with Crippen molar-refractivity contribution in [1.82, 2.24) is 9.97 Å². The number of benzene rings is 1. The average molecular weight is 323 g/mol. The van der Waals surface area contributed by atoms with Gasteiger partial charge in [0.1, 0.15) is 10.5 Å². The van der Waals surface area contributed by atoms with Crippen molar-refractivity contribution >= 4 is 28.1 Å². The molecular weight excluding hydrogens is 308 g/mol. The van der Waals surface area contributed by atoms with Gasteiger partial charge in [0.25, 0.3) is 0 Å². The molecule has 2 rings (SSSR count). The molecule has 1 aromatic carbocycles. The van der Waals surface area contributed by atoms with Gasteiger partial charge in [-0.1, -0.05) is 55.4 Å². The summed E-state index contributed by atoms with van der Waals surface area (Å²) in [7, 11) is 0. The van der Waals surface area contributed by atoms with E-state index in [0.717, 1.165) is 34.4 Å². The van der Waals surface area contributed by atoms with Gasteiger partial charge in [0.05, 0.1) is 4.47 Å². The van der Waals surface area contributed by atoms with Crippen LogP contribution in [0.25, 0.3) is 11.4 Å². The summed E-state index contributed by atoms with van der Waals surface area (Å²) < 4.78 is 1.53. The highest BCUT2D eigenvalue weighted by molar-refractivity contribution is 9.10. The summed E-state index contributed by atoms with van der Waals surface area (Å²) in [4.78, 5) is 7.79. The molecule has 0 atom stereocenters. The van der Waals surface area contributed by atoms with Gasteiger partial charge in [-0.25, -0.2) is 4.98 Å². The Morgan fingerprint density at radius 3 is 2.56 bits per heavy atom. The number of rotatable bonds is 3. The van der Waals surface area contributed by atoms with Crippen LogP contribution in [0.15, 0.2) is 28.7 Å². The molecule has 0 spiro atoms. The standard InChI is InChI=1S/C14H15BrN2S/c1-3-4-11-12(15)14(18)17-13(16-11)10-7-5-9(2)6-8-10/h5-8H,3-4H2,1-2H3,(H,16,17,18). The molecule has 0 aliphatic carbocycles. The van der Waals surface area contributed by atoms with E-state index in [-0.39, 0.29) is 0 Å². The normalized spacial score (nSPS) is 10.6. The molecule has 0 bridgehead atoms. The van der Waals surface area contributed by atoms with Crippen molar-refractivity contribution < 1.29 is 0 Å². The smallest absolute Gasteiger partial charge is 0.144 e. The Kier molecular flexibility index (Phi) is 4.30. The lowest BCUT2D eigenvalue weighted by Crippen LogP contribution is -1.98. The lowest BCUT2D eigenvalue weighted by Gasteiger charge is -2.08. The van der Waals surface area contributed by atoms with Crippen molar-refractivity contribution in [2.75, 3.05) is 0 Å². The Balaban J connectivity index is 2.51. The largest absolute Gasteiger partial charge is 0.342 e. The first kappa shape index (κ1) is 13.4. The van der Waals surface area contributed by atoms with Crippen LogP contribution in [0.5, 0.6) is 0 Å². The predicted octanol–water partition coefficient (Wildman–Crippen LogP) is 4.83. The minimum absolute atomic E-state index is 0.618. The first-order valence-corrected chi connectivity index (χ1v) is 7.17. The Labute approximate surface area is 121 Å². The molecule has 1 N–H and O–H groups in total. The minimum atomic E-state index is 0.618. The number of hydrogen-bond donors (Lipinski definition) is 1. The maximum atomic E-state index is 5.29. The first-order chi connectivity index (χ1) is 8.61. The molecule has 1 heterocycles. The van der Waals surface area contributed by atoms with E-state index in [0.29, 0.717) is 4.64 Å². The van der Waals surface area contributed by atoms with Gasteiger partial charge in [-0.2, -0.15) is 0 Å². The molecule has 0 amide bonds. The van der Waals surface area contributed by atoms with E-state index in [1.807, 2.05) is 0 Å². The molecule has 0 aliphatic heterocycles. The van der Waals surface area contributed by atoms with E-state index in [2.05, 4.69) is 64.0 Å². The van der Waals surface area contributed by atoms with Crippen molar-refractivity contribution in [3.05, 3.63) is 44.6 Å². The van der Waals surface area contributed by atoms with Crippen LogP contribution < -0.4 is 0 Å². The van der Waals surface area contributed by atoms with Crippen molar-refractivity contribution in [3.63, 3.8) is 0 Å². The van der Waals surface area contributed by atoms with Crippen LogP contribution >= 0.6 is 28.1 Å². The average Bonchev–Trinajstić information content (AvgIpc) is 2.36. The monoisotopic (exact) mass is 322 g/mol. The number of aromatic nitrogens is 2. The zero-order valence-electron chi connectivity index (χ0n) is 10.5. The van der Waals surface area contributed by atoms with Gasteiger partial charge in [-0.05, 0) is 29.3 Å². The second kappa shape index (κ2) is 5.76. The van der Waals surface area contributed by atoms with E-state index in [1.54, 1.807) is 0 Å². The van der Waals surface area contributed by atoms with Crippen molar-refractivity contribution in [1.29, 1.82) is 0 Å². The highest BCUT2D eigenvalue weighted by Crippen LogP contribution is 2.22. The fourth-order valence-corrected chi connectivity index (χ4v) is 2.38. The number of nitrogens with zero attached hydrogens (tertiary/aromatic N) is 1. The molecule has 0 saturated carbocycles. The molecule has 94 valence electrons. The van der Waals surface area contributed by atoms with E-state index >= 15 is 0 Å². The third kappa shape index (κ3) is 2.87. The SMILES string of the molecule is CCCc1[nH]c(-c2ccc(C)cc2)nc(=S)c1Br. The van der Waals surface area contributed by atoms with Crippen molar-refractivity contribution in [2.45, 2.75) is 26.7 Å². The Bertz CT molecular complexity index is 602. The highest BCUT2D eigenvalue weighted by atomic mass is 79.9. The van der Waals surface area contributed by atoms with Gasteiger partial charge in [-0.3, -0.25) is 0 Å². The topological polar surface area (TPSA) is 28.7 Å². The third-order valence-corrected chi connectivity index (χ3v) is 4.17. The number of hydrogen-bond acceptors (Lipinski definition) is 2. The molecule has 0 radical (unpaired) electrons. The van der Waals surface area contributed by atoms with Crippen LogP contribution in [0.3, 0.4) is 0 Å². The Morgan fingerprint density at radius 2 is 1.94 bits per heavy atom. The lowest BCUT2D eigenvalue weighted by molar-refractivity contribution is 0.865. The predicted molar refractivity (Wildman–Crippen MR) is 81.3 cm³/mol. The van der Waals surface area contributed by atoms with Gasteiger partial charge >= 0.3 is 0 Å². The molecule has 4 heteroatoms. The van der Waals surface area contributed by atoms with Gasteiger partial charge in [-0.15, -0.1) is 0 Å². The third-order valence-electron chi connectivity index (χ3n) is 2.76. The van der Waals surface area contributed by atoms with Gasteiger partial charge < -0.3 is 4.98 Å². The zero-order valence-corrected chi connectivity index (χ0v) is 12.9. The van der Waals surface area contributed by atoms with E-state index in [9.17, 15) is 0 Å². The maximum absolute atomic E-state index is 5.29. The van der Waals surface area contributed by atoms with E-state index in [4.69, 9.17) is 12.2 Å². The molecule has 18 heavy (non-hydrogen) atoms. The van der Waals surface area contributed by atoms with Crippen LogP contribution in [0.4, 0.5) is 0 Å². The van der Waals surface area contributed by atoms with Crippen LogP contribution in [-0.4, -0.2) is 9.97 Å². The lowest BCUT2D eigenvalue weighted by atomic mass is 10.1. The maximum Gasteiger partial charge on any atom is 0.144 e. The van der Waals surface area contributed by atoms with Gasteiger partial charge in [0.2, 0.25) is 0 Å². The summed E-state index contributed by atoms with van der Waals surface area (Å²) in [6.45, 7) is 4.22. The summed E-state index contributed by atoms with van der Waals surface area (Å²) in [5.74, 6) is 0.839. The van der Waals surface area contributed by atoms with Gasteiger partial charge in [0, 0.05) is 11.3 Å². The van der Waals surface area contributed by atoms with Crippen molar-refractivity contribution in [2.24, 2.45) is 0 Å². The first-order valence-electron chi connectivity index (χ1n) is 5.97. The zero-order chi connectivity index (χ0) is 13.1. The molecule has 2 nitrogen and oxygen atoms in total. The van der Waals surface area contributed by atoms with Crippen molar-refractivity contribution in [3.8, 4) is 11.4 Å².